The van der Waals surface area contributed by atoms with Gasteiger partial charge in [0.2, 0.25) is 0 Å². The van der Waals surface area contributed by atoms with E-state index in [0.717, 1.165) is 19.3 Å². The Hall–Kier alpha value is -1.09. The molecule has 1 nitrogen and oxygen atoms in total. The molecule has 0 aromatic rings. The van der Waals surface area contributed by atoms with Gasteiger partial charge in [-0.05, 0) is 12.8 Å². The number of alkyl halides is 15. The van der Waals surface area contributed by atoms with Crippen LogP contribution in [0.3, 0.4) is 0 Å². The number of halogens is 15. The van der Waals surface area contributed by atoms with Crippen LogP contribution in [0.5, 0.6) is 0 Å². The van der Waals surface area contributed by atoms with Crippen molar-refractivity contribution >= 4 is 0 Å². The van der Waals surface area contributed by atoms with Crippen molar-refractivity contribution in [2.24, 2.45) is 0 Å². The molecule has 16 heteroatoms. The third-order valence-electron chi connectivity index (χ3n) is 4.56. The van der Waals surface area contributed by atoms with Gasteiger partial charge in [-0.1, -0.05) is 32.6 Å². The highest BCUT2D eigenvalue weighted by Gasteiger charge is 2.93. The van der Waals surface area contributed by atoms with Crippen molar-refractivity contribution in [1.29, 1.82) is 0 Å². The quantitative estimate of drug-likeness (QED) is 0.155. The summed E-state index contributed by atoms with van der Waals surface area (Å²) in [4.78, 5) is 0. The van der Waals surface area contributed by atoms with Crippen LogP contribution in [0.1, 0.15) is 51.9 Å². The lowest BCUT2D eigenvalue weighted by Gasteiger charge is -2.41. The molecule has 0 bridgehead atoms. The minimum atomic E-state index is -8.24. The minimum Gasteiger partial charge on any atom is -0.381 e. The number of unbranched alkanes of at least 4 members (excludes halogenated alkanes) is 4. The normalized spacial score (nSPS) is 15.3. The predicted molar refractivity (Wildman–Crippen MR) is 84.5 cm³/mol. The fourth-order valence-corrected chi connectivity index (χ4v) is 2.46. The third kappa shape index (κ3) is 6.13. The molecule has 0 aliphatic rings. The molecule has 0 spiro atoms. The molecule has 33 heavy (non-hydrogen) atoms. The Morgan fingerprint density at radius 2 is 0.848 bits per heavy atom. The van der Waals surface area contributed by atoms with E-state index < -0.39 is 61.2 Å². The van der Waals surface area contributed by atoms with Crippen LogP contribution in [-0.2, 0) is 4.74 Å². The largest absolute Gasteiger partial charge is 0.460 e. The molecule has 200 valence electrons. The molecule has 0 aromatic carbocycles. The number of hydrogen-bond donors (Lipinski definition) is 0. The van der Waals surface area contributed by atoms with Gasteiger partial charge in [0.25, 0.3) is 0 Å². The van der Waals surface area contributed by atoms with Crippen LogP contribution in [0.25, 0.3) is 0 Å². The smallest absolute Gasteiger partial charge is 0.381 e. The van der Waals surface area contributed by atoms with Gasteiger partial charge in [0, 0.05) is 19.6 Å². The van der Waals surface area contributed by atoms with E-state index in [0.29, 0.717) is 12.8 Å². The summed E-state index contributed by atoms with van der Waals surface area (Å²) in [6.07, 6.45) is -7.47. The average Bonchev–Trinajstić information content (AvgIpc) is 2.64. The fraction of sp³-hybridized carbons (Fsp3) is 1.00. The first-order valence-corrected chi connectivity index (χ1v) is 9.47. The fourth-order valence-electron chi connectivity index (χ4n) is 2.46. The average molecular weight is 526 g/mol. The highest BCUT2D eigenvalue weighted by Crippen LogP contribution is 2.62. The number of hydrogen-bond acceptors (Lipinski definition) is 1. The van der Waals surface area contributed by atoms with Crippen molar-refractivity contribution in [3.05, 3.63) is 0 Å². The van der Waals surface area contributed by atoms with Gasteiger partial charge >= 0.3 is 41.7 Å². The number of ether oxygens (including phenoxy) is 1. The molecule has 0 radical (unpaired) electrons. The van der Waals surface area contributed by atoms with Crippen LogP contribution in [0.15, 0.2) is 0 Å². The highest BCUT2D eigenvalue weighted by atomic mass is 19.4. The molecule has 0 heterocycles. The van der Waals surface area contributed by atoms with E-state index in [1.54, 1.807) is 0 Å². The van der Waals surface area contributed by atoms with Crippen molar-refractivity contribution in [1.82, 2.24) is 0 Å². The number of rotatable bonds is 15. The Balaban J connectivity index is 5.41. The molecule has 0 fully saturated rings. The highest BCUT2D eigenvalue weighted by molar-refractivity contribution is 5.12. The zero-order chi connectivity index (χ0) is 26.6. The minimum absolute atomic E-state index is 0.0569. The zero-order valence-corrected chi connectivity index (χ0v) is 16.9. The molecule has 0 N–H and O–H groups in total. The Bertz CT molecular complexity index is 598. The monoisotopic (exact) mass is 526 g/mol. The van der Waals surface area contributed by atoms with Crippen LogP contribution in [0.2, 0.25) is 0 Å². The molecular formula is C17H21F15O. The second kappa shape index (κ2) is 10.7. The summed E-state index contributed by atoms with van der Waals surface area (Å²) in [6, 6.07) is 0. The van der Waals surface area contributed by atoms with Crippen LogP contribution < -0.4 is 0 Å². The summed E-state index contributed by atoms with van der Waals surface area (Å²) in [5.74, 6) is -46.0. The van der Waals surface area contributed by atoms with E-state index >= 15 is 0 Å². The van der Waals surface area contributed by atoms with Crippen LogP contribution in [0, 0.1) is 0 Å². The Labute approximate surface area is 178 Å². The zero-order valence-electron chi connectivity index (χ0n) is 16.9. The van der Waals surface area contributed by atoms with E-state index in [4.69, 9.17) is 4.74 Å². The molecule has 0 aliphatic carbocycles. The lowest BCUT2D eigenvalue weighted by Crippen LogP contribution is -2.72. The van der Waals surface area contributed by atoms with Crippen molar-refractivity contribution in [2.45, 2.75) is 93.6 Å². The van der Waals surface area contributed by atoms with E-state index in [1.807, 2.05) is 6.92 Å². The van der Waals surface area contributed by atoms with Crippen LogP contribution >= 0.6 is 0 Å². The SMILES string of the molecule is CCCCCCCOCCCC(F)(F)C(F)(F)C(F)(F)C(F)(F)C(F)(F)C(F)(F)C(F)(F)F. The maximum atomic E-state index is 13.6. The lowest BCUT2D eigenvalue weighted by molar-refractivity contribution is -0.452. The second-order valence-electron chi connectivity index (χ2n) is 7.20. The first kappa shape index (κ1) is 31.9. The van der Waals surface area contributed by atoms with Gasteiger partial charge in [0.1, 0.15) is 0 Å². The Kier molecular flexibility index (Phi) is 10.3. The van der Waals surface area contributed by atoms with Crippen LogP contribution in [-0.4, -0.2) is 54.9 Å². The molecule has 0 amide bonds. The van der Waals surface area contributed by atoms with E-state index in [-0.39, 0.29) is 6.61 Å². The molecule has 0 saturated heterocycles. The maximum Gasteiger partial charge on any atom is 0.460 e. The summed E-state index contributed by atoms with van der Waals surface area (Å²) in [5.41, 5.74) is 0. The van der Waals surface area contributed by atoms with E-state index in [1.165, 1.54) is 0 Å². The van der Waals surface area contributed by atoms with Gasteiger partial charge in [-0.25, -0.2) is 0 Å². The molecule has 0 rings (SSSR count). The van der Waals surface area contributed by atoms with Gasteiger partial charge in [-0.3, -0.25) is 0 Å². The summed E-state index contributed by atoms with van der Waals surface area (Å²) < 4.78 is 200. The van der Waals surface area contributed by atoms with Crippen molar-refractivity contribution in [3.8, 4) is 0 Å². The molecule has 0 atom stereocenters. The molecule has 0 aromatic heterocycles. The van der Waals surface area contributed by atoms with E-state index in [2.05, 4.69) is 0 Å². The Morgan fingerprint density at radius 1 is 0.455 bits per heavy atom. The summed E-state index contributed by atoms with van der Waals surface area (Å²) in [7, 11) is 0. The van der Waals surface area contributed by atoms with Crippen LogP contribution in [0.4, 0.5) is 65.9 Å². The second-order valence-corrected chi connectivity index (χ2v) is 7.20. The topological polar surface area (TPSA) is 9.23 Å². The van der Waals surface area contributed by atoms with Gasteiger partial charge < -0.3 is 4.74 Å². The van der Waals surface area contributed by atoms with Gasteiger partial charge in [0.05, 0.1) is 0 Å². The maximum absolute atomic E-state index is 13.6. The van der Waals surface area contributed by atoms with Crippen molar-refractivity contribution in [2.75, 3.05) is 13.2 Å². The van der Waals surface area contributed by atoms with Crippen molar-refractivity contribution < 1.29 is 70.6 Å². The van der Waals surface area contributed by atoms with Gasteiger partial charge in [0.15, 0.2) is 0 Å². The lowest BCUT2D eigenvalue weighted by atomic mass is 9.90. The van der Waals surface area contributed by atoms with E-state index in [9.17, 15) is 65.9 Å². The first-order valence-electron chi connectivity index (χ1n) is 9.47. The molecule has 0 aliphatic heterocycles. The Morgan fingerprint density at radius 3 is 1.30 bits per heavy atom. The third-order valence-corrected chi connectivity index (χ3v) is 4.56. The van der Waals surface area contributed by atoms with Gasteiger partial charge in [-0.15, -0.1) is 0 Å². The van der Waals surface area contributed by atoms with Gasteiger partial charge in [-0.2, -0.15) is 65.9 Å². The summed E-state index contributed by atoms with van der Waals surface area (Å²) in [5, 5.41) is 0. The molecule has 0 unspecified atom stereocenters. The standard InChI is InChI=1S/C17H21F15O/c1-2-3-4-5-6-9-33-10-7-8-11(18,19)12(20,21)13(22,23)14(24,25)15(26,27)16(28,29)17(30,31)32/h2-10H2,1H3. The first-order chi connectivity index (χ1) is 14.6. The summed E-state index contributed by atoms with van der Waals surface area (Å²) in [6.45, 7) is 1.09. The van der Waals surface area contributed by atoms with Crippen molar-refractivity contribution in [3.63, 3.8) is 0 Å². The summed E-state index contributed by atoms with van der Waals surface area (Å²) >= 11 is 0. The molecule has 0 saturated carbocycles. The predicted octanol–water partition coefficient (Wildman–Crippen LogP) is 8.13. The molecular weight excluding hydrogens is 505 g/mol.